The highest BCUT2D eigenvalue weighted by atomic mass is 16.2. The minimum Gasteiger partial charge on any atom is -0.339 e. The van der Waals surface area contributed by atoms with Gasteiger partial charge in [-0.3, -0.25) is 14.5 Å². The van der Waals surface area contributed by atoms with E-state index in [2.05, 4.69) is 45.8 Å². The van der Waals surface area contributed by atoms with Gasteiger partial charge in [0.25, 0.3) is 11.9 Å². The number of nitrogens with one attached hydrogen (secondary N) is 1. The third-order valence-electron chi connectivity index (χ3n) is 5.65. The van der Waals surface area contributed by atoms with Gasteiger partial charge in [-0.1, -0.05) is 25.3 Å². The van der Waals surface area contributed by atoms with E-state index in [0.717, 1.165) is 18.5 Å². The third kappa shape index (κ3) is 4.79. The van der Waals surface area contributed by atoms with Crippen LogP contribution in [0.2, 0.25) is 0 Å². The van der Waals surface area contributed by atoms with E-state index in [-0.39, 0.29) is 23.8 Å². The van der Waals surface area contributed by atoms with Crippen molar-refractivity contribution in [2.24, 2.45) is 0 Å². The van der Waals surface area contributed by atoms with Gasteiger partial charge in [0, 0.05) is 18.8 Å². The normalized spacial score (nSPS) is 18.2. The third-order valence-corrected chi connectivity index (χ3v) is 5.65. The Morgan fingerprint density at radius 1 is 1.13 bits per heavy atom. The van der Waals surface area contributed by atoms with Crippen LogP contribution in [0.5, 0.6) is 0 Å². The summed E-state index contributed by atoms with van der Waals surface area (Å²) >= 11 is 0. The Hall–Kier alpha value is -3.55. The molecule has 160 valence electrons. The molecule has 0 radical (unpaired) electrons. The molecule has 2 aliphatic rings. The van der Waals surface area contributed by atoms with E-state index in [1.54, 1.807) is 4.90 Å². The highest BCUT2D eigenvalue weighted by Crippen LogP contribution is 2.40. The monoisotopic (exact) mass is 418 g/mol. The molecular weight excluding hydrogens is 392 g/mol. The first-order valence-corrected chi connectivity index (χ1v) is 10.5. The van der Waals surface area contributed by atoms with Gasteiger partial charge >= 0.3 is 0 Å². The van der Waals surface area contributed by atoms with Gasteiger partial charge in [-0.15, -0.1) is 5.10 Å². The number of benzene rings is 1. The Morgan fingerprint density at radius 3 is 2.58 bits per heavy atom. The van der Waals surface area contributed by atoms with E-state index in [4.69, 9.17) is 0 Å². The lowest BCUT2D eigenvalue weighted by atomic mass is 10.0. The minimum atomic E-state index is -0.328. The summed E-state index contributed by atoms with van der Waals surface area (Å²) in [6, 6.07) is 8.01. The van der Waals surface area contributed by atoms with Crippen LogP contribution in [0.3, 0.4) is 0 Å². The van der Waals surface area contributed by atoms with Crippen LogP contribution < -0.4 is 10.2 Å². The molecule has 4 rings (SSSR count). The summed E-state index contributed by atoms with van der Waals surface area (Å²) < 4.78 is 0. The fraction of sp³-hybridized carbons (Fsp3) is 0.348. The number of piperidine rings is 1. The van der Waals surface area contributed by atoms with Crippen molar-refractivity contribution in [3.8, 4) is 0 Å². The number of anilines is 3. The van der Waals surface area contributed by atoms with Crippen molar-refractivity contribution in [2.75, 3.05) is 23.3 Å². The molecule has 8 nitrogen and oxygen atoms in total. The second kappa shape index (κ2) is 9.07. The zero-order valence-corrected chi connectivity index (χ0v) is 17.4. The maximum absolute atomic E-state index is 12.7. The van der Waals surface area contributed by atoms with Gasteiger partial charge in [-0.25, -0.2) is 0 Å². The summed E-state index contributed by atoms with van der Waals surface area (Å²) in [6.07, 6.45) is 8.05. The van der Waals surface area contributed by atoms with Crippen LogP contribution in [0.15, 0.2) is 55.8 Å². The second-order valence-corrected chi connectivity index (χ2v) is 7.86. The summed E-state index contributed by atoms with van der Waals surface area (Å²) in [5.74, 6) is 0.886. The standard InChI is InChI=1S/C23H26N6O2/c1-3-21(30)28-13-5-6-19(15-28)29(22(31)4-2)23-26-20(14-24-27-23)25-18-11-9-17(10-12-18)16-7-8-16/h3-4,9-12,14,16,19H,1-2,5-8,13,15H2,(H,25,26,27). The smallest absolute Gasteiger partial charge is 0.254 e. The van der Waals surface area contributed by atoms with Crippen molar-refractivity contribution >= 4 is 29.3 Å². The Morgan fingerprint density at radius 2 is 1.90 bits per heavy atom. The molecular formula is C23H26N6O2. The van der Waals surface area contributed by atoms with Crippen molar-refractivity contribution in [3.05, 3.63) is 61.3 Å². The number of carbonyl (C=O) groups is 2. The zero-order valence-electron chi connectivity index (χ0n) is 17.4. The predicted molar refractivity (Wildman–Crippen MR) is 119 cm³/mol. The van der Waals surface area contributed by atoms with Crippen LogP contribution in [0, 0.1) is 0 Å². The number of hydrogen-bond donors (Lipinski definition) is 1. The average Bonchev–Trinajstić information content (AvgIpc) is 3.65. The quantitative estimate of drug-likeness (QED) is 0.695. The van der Waals surface area contributed by atoms with E-state index < -0.39 is 0 Å². The first-order chi connectivity index (χ1) is 15.1. The molecule has 2 fully saturated rings. The van der Waals surface area contributed by atoms with Crippen molar-refractivity contribution in [2.45, 2.75) is 37.6 Å². The van der Waals surface area contributed by atoms with E-state index >= 15 is 0 Å². The summed E-state index contributed by atoms with van der Waals surface area (Å²) in [5, 5.41) is 11.4. The average molecular weight is 419 g/mol. The zero-order chi connectivity index (χ0) is 21.8. The van der Waals surface area contributed by atoms with Crippen LogP contribution in [0.1, 0.15) is 37.2 Å². The van der Waals surface area contributed by atoms with Crippen LogP contribution >= 0.6 is 0 Å². The molecule has 2 aromatic rings. The van der Waals surface area contributed by atoms with Crippen LogP contribution in [0.4, 0.5) is 17.5 Å². The first kappa shape index (κ1) is 20.7. The summed E-state index contributed by atoms with van der Waals surface area (Å²) in [4.78, 5) is 32.4. The SMILES string of the molecule is C=CC(=O)N1CCCC(N(C(=O)C=C)c2nncc(Nc3ccc(C4CC4)cc3)n2)C1. The molecule has 1 aromatic heterocycles. The molecule has 1 unspecified atom stereocenters. The van der Waals surface area contributed by atoms with E-state index in [1.165, 1.54) is 41.7 Å². The number of amides is 2. The Kier molecular flexibility index (Phi) is 6.06. The van der Waals surface area contributed by atoms with E-state index in [1.807, 2.05) is 12.1 Å². The molecule has 8 heteroatoms. The number of nitrogens with zero attached hydrogens (tertiary/aromatic N) is 5. The number of hydrogen-bond acceptors (Lipinski definition) is 6. The lowest BCUT2D eigenvalue weighted by Gasteiger charge is -2.37. The molecule has 1 saturated heterocycles. The van der Waals surface area contributed by atoms with Crippen LogP contribution in [-0.2, 0) is 9.59 Å². The molecule has 1 atom stereocenters. The molecule has 2 heterocycles. The molecule has 0 spiro atoms. The van der Waals surface area contributed by atoms with Gasteiger partial charge in [0.05, 0.1) is 12.2 Å². The molecule has 1 saturated carbocycles. The van der Waals surface area contributed by atoms with Crippen LogP contribution in [0.25, 0.3) is 0 Å². The maximum atomic E-state index is 12.7. The Bertz CT molecular complexity index is 986. The highest BCUT2D eigenvalue weighted by Gasteiger charge is 2.32. The maximum Gasteiger partial charge on any atom is 0.254 e. The largest absolute Gasteiger partial charge is 0.339 e. The van der Waals surface area contributed by atoms with Gasteiger partial charge in [0.1, 0.15) is 0 Å². The first-order valence-electron chi connectivity index (χ1n) is 10.5. The molecule has 1 aliphatic carbocycles. The molecule has 1 aliphatic heterocycles. The van der Waals surface area contributed by atoms with Gasteiger partial charge in [-0.2, -0.15) is 10.1 Å². The lowest BCUT2D eigenvalue weighted by molar-refractivity contribution is -0.127. The Balaban J connectivity index is 1.54. The summed E-state index contributed by atoms with van der Waals surface area (Å²) in [5.41, 5.74) is 2.24. The number of carbonyl (C=O) groups excluding carboxylic acids is 2. The summed E-state index contributed by atoms with van der Waals surface area (Å²) in [6.45, 7) is 8.18. The number of likely N-dealkylation sites (tertiary alicyclic amines) is 1. The van der Waals surface area contributed by atoms with E-state index in [9.17, 15) is 9.59 Å². The van der Waals surface area contributed by atoms with Gasteiger partial charge < -0.3 is 10.2 Å². The molecule has 0 bridgehead atoms. The van der Waals surface area contributed by atoms with Gasteiger partial charge in [-0.05, 0) is 61.4 Å². The van der Waals surface area contributed by atoms with Crippen molar-refractivity contribution < 1.29 is 9.59 Å². The topological polar surface area (TPSA) is 91.3 Å². The van der Waals surface area contributed by atoms with Crippen molar-refractivity contribution in [3.63, 3.8) is 0 Å². The minimum absolute atomic E-state index is 0.153. The molecule has 31 heavy (non-hydrogen) atoms. The highest BCUT2D eigenvalue weighted by molar-refractivity contribution is 6.00. The molecule has 1 aromatic carbocycles. The number of aromatic nitrogens is 3. The second-order valence-electron chi connectivity index (χ2n) is 7.86. The lowest BCUT2D eigenvalue weighted by Crippen LogP contribution is -2.52. The number of rotatable bonds is 7. The molecule has 2 amide bonds. The predicted octanol–water partition coefficient (Wildman–Crippen LogP) is 3.19. The fourth-order valence-corrected chi connectivity index (χ4v) is 3.89. The van der Waals surface area contributed by atoms with Crippen LogP contribution in [-0.4, -0.2) is 51.0 Å². The summed E-state index contributed by atoms with van der Waals surface area (Å²) in [7, 11) is 0. The fourth-order valence-electron chi connectivity index (χ4n) is 3.89. The Labute approximate surface area is 181 Å². The van der Waals surface area contributed by atoms with Gasteiger partial charge in [0.15, 0.2) is 5.82 Å². The molecule has 1 N–H and O–H groups in total. The van der Waals surface area contributed by atoms with Crippen molar-refractivity contribution in [1.82, 2.24) is 20.1 Å². The van der Waals surface area contributed by atoms with E-state index in [0.29, 0.717) is 24.8 Å². The van der Waals surface area contributed by atoms with Crippen molar-refractivity contribution in [1.29, 1.82) is 0 Å². The van der Waals surface area contributed by atoms with Gasteiger partial charge in [0.2, 0.25) is 5.91 Å².